The number of esters is 1. The molecule has 2 aromatic carbocycles. The summed E-state index contributed by atoms with van der Waals surface area (Å²) in [6.45, 7) is 12.3. The van der Waals surface area contributed by atoms with Gasteiger partial charge >= 0.3 is 11.7 Å². The number of H-pyrrole nitrogens is 1. The minimum atomic E-state index is -0.847. The van der Waals surface area contributed by atoms with Crippen molar-refractivity contribution in [3.05, 3.63) is 95.9 Å². The lowest BCUT2D eigenvalue weighted by atomic mass is 10.1. The van der Waals surface area contributed by atoms with Gasteiger partial charge in [0.1, 0.15) is 29.5 Å². The van der Waals surface area contributed by atoms with E-state index in [1.807, 2.05) is 39.0 Å². The second-order valence-electron chi connectivity index (χ2n) is 15.1. The van der Waals surface area contributed by atoms with Gasteiger partial charge in [0.25, 0.3) is 5.56 Å². The molecule has 0 bridgehead atoms. The highest BCUT2D eigenvalue weighted by Crippen LogP contribution is 2.40. The number of ether oxygens (including phenoxy) is 1. The van der Waals surface area contributed by atoms with Crippen LogP contribution in [0.5, 0.6) is 0 Å². The summed E-state index contributed by atoms with van der Waals surface area (Å²) >= 11 is 0. The number of rotatable bonds is 13. The van der Waals surface area contributed by atoms with Crippen molar-refractivity contribution in [2.75, 3.05) is 75.7 Å². The number of carbonyl (C=O) groups excluding carboxylic acids is 1. The van der Waals surface area contributed by atoms with Crippen molar-refractivity contribution in [1.29, 1.82) is 0 Å². The van der Waals surface area contributed by atoms with Gasteiger partial charge in [-0.3, -0.25) is 28.9 Å². The normalized spacial score (nSPS) is 18.2. The lowest BCUT2D eigenvalue weighted by molar-refractivity contribution is 0.0453. The summed E-state index contributed by atoms with van der Waals surface area (Å²) in [7, 11) is 0. The van der Waals surface area contributed by atoms with Gasteiger partial charge in [-0.2, -0.15) is 0 Å². The molecule has 3 N–H and O–H groups in total. The number of pyridine rings is 1. The minimum Gasteiger partial charge on any atom is -0.461 e. The van der Waals surface area contributed by atoms with Crippen LogP contribution in [-0.4, -0.2) is 101 Å². The maximum absolute atomic E-state index is 16.5. The molecule has 15 heteroatoms. The highest BCUT2D eigenvalue weighted by Gasteiger charge is 2.33. The molecule has 2 aliphatic heterocycles. The number of benzene rings is 2. The molecule has 1 saturated carbocycles. The van der Waals surface area contributed by atoms with Crippen LogP contribution in [-0.2, 0) is 11.3 Å². The number of anilines is 3. The lowest BCUT2D eigenvalue weighted by Crippen LogP contribution is -2.52. The number of hydrogen-bond donors (Lipinski definition) is 3. The van der Waals surface area contributed by atoms with E-state index < -0.39 is 28.7 Å². The first-order chi connectivity index (χ1) is 26.5. The third kappa shape index (κ3) is 8.53. The maximum atomic E-state index is 16.5. The largest absolute Gasteiger partial charge is 0.461 e. The molecule has 2 aromatic heterocycles. The summed E-state index contributed by atoms with van der Waals surface area (Å²) in [5.41, 5.74) is 1.03. The first-order valence-electron chi connectivity index (χ1n) is 19.3. The maximum Gasteiger partial charge on any atom is 0.343 e. The number of nitrogens with zero attached hydrogens (tertiary/aromatic N) is 5. The number of fused-ring (bicyclic) bond motifs is 1. The quantitative estimate of drug-likeness (QED) is 0.136. The second kappa shape index (κ2) is 16.5. The van der Waals surface area contributed by atoms with Gasteiger partial charge in [0, 0.05) is 88.9 Å². The monoisotopic (exact) mass is 760 g/mol. The number of aromatic nitrogens is 3. The van der Waals surface area contributed by atoms with Crippen LogP contribution in [0, 0.1) is 25.5 Å². The molecule has 1 aliphatic carbocycles. The van der Waals surface area contributed by atoms with Crippen molar-refractivity contribution >= 4 is 34.1 Å². The Balaban J connectivity index is 0.974. The second-order valence-corrected chi connectivity index (χ2v) is 15.1. The molecule has 55 heavy (non-hydrogen) atoms. The highest BCUT2D eigenvalue weighted by molar-refractivity contribution is 5.95. The molecule has 0 radical (unpaired) electrons. The molecule has 13 nitrogen and oxygen atoms in total. The molecule has 7 rings (SSSR count). The van der Waals surface area contributed by atoms with Gasteiger partial charge in [-0.25, -0.2) is 18.4 Å². The van der Waals surface area contributed by atoms with Crippen LogP contribution in [0.15, 0.2) is 50.9 Å². The molecular weight excluding hydrogens is 710 g/mol. The van der Waals surface area contributed by atoms with Crippen molar-refractivity contribution in [3.63, 3.8) is 0 Å². The molecule has 3 aliphatic rings. The number of aromatic amines is 1. The highest BCUT2D eigenvalue weighted by atomic mass is 19.1. The standard InChI is InChI=1S/C40H50F2N8O5/c1-25-6-7-28(20-26(25)2)44-33-22-34(51)49(40(54)45-33)13-5-4-12-47-16-17-48(23-27(47)3)37-32(41)21-30-36(35(37)42)50(29-8-9-29)24-31(38(30)52)39(53)55-19-18-46-14-10-43-11-15-46/h6-7,20-22,24,27,29,43-44H,4-5,8-19,23H2,1-3H3,(H,45,54). The van der Waals surface area contributed by atoms with E-state index in [1.54, 1.807) is 9.47 Å². The molecule has 0 amide bonds. The first-order valence-corrected chi connectivity index (χ1v) is 19.3. The van der Waals surface area contributed by atoms with Crippen LogP contribution in [0.4, 0.5) is 26.0 Å². The molecule has 1 unspecified atom stereocenters. The molecule has 4 aromatic rings. The van der Waals surface area contributed by atoms with Gasteiger partial charge < -0.3 is 24.8 Å². The van der Waals surface area contributed by atoms with E-state index in [4.69, 9.17) is 4.74 Å². The summed E-state index contributed by atoms with van der Waals surface area (Å²) < 4.78 is 40.7. The van der Waals surface area contributed by atoms with Crippen molar-refractivity contribution < 1.29 is 18.3 Å². The number of hydrogen-bond acceptors (Lipinski definition) is 10. The van der Waals surface area contributed by atoms with Crippen LogP contribution in [0.25, 0.3) is 10.9 Å². The van der Waals surface area contributed by atoms with Gasteiger partial charge in [-0.05, 0) is 82.3 Å². The fourth-order valence-corrected chi connectivity index (χ4v) is 7.68. The van der Waals surface area contributed by atoms with Gasteiger partial charge in [-0.1, -0.05) is 6.07 Å². The predicted octanol–water partition coefficient (Wildman–Crippen LogP) is 3.88. The van der Waals surface area contributed by atoms with Gasteiger partial charge in [0.05, 0.1) is 10.9 Å². The Morgan fingerprint density at radius 2 is 1.71 bits per heavy atom. The van der Waals surface area contributed by atoms with E-state index in [2.05, 4.69) is 25.4 Å². The van der Waals surface area contributed by atoms with Crippen molar-refractivity contribution in [2.24, 2.45) is 0 Å². The predicted molar refractivity (Wildman–Crippen MR) is 209 cm³/mol. The number of nitrogens with one attached hydrogen (secondary N) is 3. The Labute approximate surface area is 317 Å². The average molecular weight is 761 g/mol. The molecule has 2 saturated heterocycles. The summed E-state index contributed by atoms with van der Waals surface area (Å²) in [5, 5.41) is 6.20. The van der Waals surface area contributed by atoms with Crippen LogP contribution in [0.3, 0.4) is 0 Å². The topological polar surface area (TPSA) is 137 Å². The van der Waals surface area contributed by atoms with Crippen LogP contribution in [0.1, 0.15) is 60.1 Å². The van der Waals surface area contributed by atoms with E-state index in [-0.39, 0.29) is 52.9 Å². The number of carbonyl (C=O) groups is 1. The fraction of sp³-hybridized carbons (Fsp3) is 0.500. The Morgan fingerprint density at radius 1 is 0.945 bits per heavy atom. The van der Waals surface area contributed by atoms with E-state index in [0.717, 1.165) is 61.9 Å². The van der Waals surface area contributed by atoms with Crippen molar-refractivity contribution in [2.45, 2.75) is 65.1 Å². The van der Waals surface area contributed by atoms with E-state index >= 15 is 8.78 Å². The summed E-state index contributed by atoms with van der Waals surface area (Å²) in [5.74, 6) is -2.10. The minimum absolute atomic E-state index is 0.00985. The van der Waals surface area contributed by atoms with E-state index in [9.17, 15) is 19.2 Å². The van der Waals surface area contributed by atoms with Crippen molar-refractivity contribution in [3.8, 4) is 0 Å². The van der Waals surface area contributed by atoms with Crippen LogP contribution in [0.2, 0.25) is 0 Å². The first kappa shape index (κ1) is 38.4. The van der Waals surface area contributed by atoms with Gasteiger partial charge in [0.2, 0.25) is 5.43 Å². The molecular formula is C40H50F2N8O5. The average Bonchev–Trinajstić information content (AvgIpc) is 4.00. The van der Waals surface area contributed by atoms with Crippen molar-refractivity contribution in [1.82, 2.24) is 29.2 Å². The zero-order valence-electron chi connectivity index (χ0n) is 31.8. The summed E-state index contributed by atoms with van der Waals surface area (Å²) in [6, 6.07) is 8.13. The smallest absolute Gasteiger partial charge is 0.343 e. The Morgan fingerprint density at radius 3 is 2.42 bits per heavy atom. The third-order valence-electron chi connectivity index (χ3n) is 11.2. The van der Waals surface area contributed by atoms with Gasteiger partial charge in [-0.15, -0.1) is 0 Å². The zero-order valence-corrected chi connectivity index (χ0v) is 31.8. The zero-order chi connectivity index (χ0) is 38.8. The lowest BCUT2D eigenvalue weighted by Gasteiger charge is -2.41. The molecule has 0 spiro atoms. The van der Waals surface area contributed by atoms with Crippen LogP contribution < -0.4 is 32.2 Å². The molecule has 4 heterocycles. The number of aryl methyl sites for hydroxylation is 2. The molecule has 3 fully saturated rings. The Hall–Kier alpha value is -4.86. The molecule has 1 atom stereocenters. The number of piperazine rings is 2. The number of halogens is 2. The summed E-state index contributed by atoms with van der Waals surface area (Å²) in [6.07, 6.45) is 4.22. The SMILES string of the molecule is Cc1ccc(Nc2cc(=O)n(CCCCN3CCN(c4c(F)cc5c(=O)c(C(=O)OCCN6CCNCC6)cn(C6CC6)c5c4F)CC3C)c(=O)[nH]2)cc1C. The number of unbranched alkanes of at least 4 members (excludes halogenated alkanes) is 1. The summed E-state index contributed by atoms with van der Waals surface area (Å²) in [4.78, 5) is 61.1. The Bertz CT molecular complexity index is 2210. The Kier molecular flexibility index (Phi) is 11.5. The molecule has 294 valence electrons. The van der Waals surface area contributed by atoms with E-state index in [1.165, 1.54) is 16.8 Å². The van der Waals surface area contributed by atoms with Crippen LogP contribution >= 0.6 is 0 Å². The fourth-order valence-electron chi connectivity index (χ4n) is 7.68. The van der Waals surface area contributed by atoms with Gasteiger partial charge in [0.15, 0.2) is 5.82 Å². The van der Waals surface area contributed by atoms with E-state index in [0.29, 0.717) is 51.4 Å². The third-order valence-corrected chi connectivity index (χ3v) is 11.2.